The van der Waals surface area contributed by atoms with Crippen molar-refractivity contribution in [3.63, 3.8) is 0 Å². The average Bonchev–Trinajstić information content (AvgIpc) is 2.41. The number of ether oxygens (including phenoxy) is 1. The molecule has 0 amide bonds. The van der Waals surface area contributed by atoms with Gasteiger partial charge in [0.25, 0.3) is 0 Å². The molecule has 2 aromatic rings. The fraction of sp³-hybridized carbons (Fsp3) is 0.133. The van der Waals surface area contributed by atoms with Gasteiger partial charge in [-0.25, -0.2) is 4.39 Å². The van der Waals surface area contributed by atoms with Gasteiger partial charge in [-0.05, 0) is 41.5 Å². The van der Waals surface area contributed by atoms with Gasteiger partial charge in [0.2, 0.25) is 0 Å². The topological polar surface area (TPSA) is 59.0 Å². The van der Waals surface area contributed by atoms with Crippen molar-refractivity contribution >= 4 is 5.69 Å². The zero-order valence-electron chi connectivity index (χ0n) is 10.3. The fourth-order valence-electron chi connectivity index (χ4n) is 1.68. The number of rotatable bonds is 4. The van der Waals surface area contributed by atoms with E-state index >= 15 is 0 Å². The van der Waals surface area contributed by atoms with E-state index in [0.29, 0.717) is 23.4 Å². The molecule has 0 aliphatic rings. The Morgan fingerprint density at radius 3 is 2.53 bits per heavy atom. The molecule has 96 valence electrons. The molecular weight excluding hydrogens is 243 g/mol. The number of benzene rings is 2. The molecule has 0 aliphatic carbocycles. The summed E-state index contributed by atoms with van der Waals surface area (Å²) < 4.78 is 18.6. The van der Waals surface area contributed by atoms with Crippen LogP contribution in [-0.2, 0) is 18.0 Å². The maximum absolute atomic E-state index is 13.1. The smallest absolute Gasteiger partial charge is 0.123 e. The van der Waals surface area contributed by atoms with Crippen molar-refractivity contribution in [1.82, 2.24) is 0 Å². The number of hydrogen-bond acceptors (Lipinski definition) is 3. The summed E-state index contributed by atoms with van der Waals surface area (Å²) in [6, 6.07) is 13.4. The van der Waals surface area contributed by atoms with Gasteiger partial charge in [-0.1, -0.05) is 12.1 Å². The molecular formula is C15H13FN2O. The highest BCUT2D eigenvalue weighted by atomic mass is 19.1. The lowest BCUT2D eigenvalue weighted by atomic mass is 10.1. The SMILES string of the molecule is N#Cc1ccc(F)cc1COCc1ccc(N)cc1. The lowest BCUT2D eigenvalue weighted by molar-refractivity contribution is 0.107. The standard InChI is InChI=1S/C15H13FN2O/c16-14-4-3-12(8-17)13(7-14)10-19-9-11-1-5-15(18)6-2-11/h1-7H,9-10,18H2. The minimum Gasteiger partial charge on any atom is -0.399 e. The molecule has 0 bridgehead atoms. The van der Waals surface area contributed by atoms with E-state index in [1.807, 2.05) is 18.2 Å². The molecule has 0 fully saturated rings. The highest BCUT2D eigenvalue weighted by Gasteiger charge is 2.04. The molecule has 0 atom stereocenters. The van der Waals surface area contributed by atoms with Crippen LogP contribution in [0.5, 0.6) is 0 Å². The number of halogens is 1. The van der Waals surface area contributed by atoms with Crippen LogP contribution in [0.2, 0.25) is 0 Å². The second-order valence-electron chi connectivity index (χ2n) is 4.15. The van der Waals surface area contributed by atoms with Crippen LogP contribution in [0.4, 0.5) is 10.1 Å². The van der Waals surface area contributed by atoms with Gasteiger partial charge >= 0.3 is 0 Å². The van der Waals surface area contributed by atoms with Crippen LogP contribution in [0.15, 0.2) is 42.5 Å². The summed E-state index contributed by atoms with van der Waals surface area (Å²) in [6.07, 6.45) is 0. The van der Waals surface area contributed by atoms with Crippen molar-refractivity contribution < 1.29 is 9.13 Å². The van der Waals surface area contributed by atoms with Crippen LogP contribution in [0, 0.1) is 17.1 Å². The summed E-state index contributed by atoms with van der Waals surface area (Å²) in [4.78, 5) is 0. The quantitative estimate of drug-likeness (QED) is 0.855. The summed E-state index contributed by atoms with van der Waals surface area (Å²) in [5, 5.41) is 8.91. The van der Waals surface area contributed by atoms with Crippen molar-refractivity contribution in [3.05, 3.63) is 65.0 Å². The summed E-state index contributed by atoms with van der Waals surface area (Å²) in [5.41, 5.74) is 8.24. The number of hydrogen-bond donors (Lipinski definition) is 1. The number of nitrogen functional groups attached to an aromatic ring is 1. The van der Waals surface area contributed by atoms with Gasteiger partial charge in [0.05, 0.1) is 24.8 Å². The predicted octanol–water partition coefficient (Wildman–Crippen LogP) is 3.00. The molecule has 0 aromatic heterocycles. The minimum absolute atomic E-state index is 0.199. The van der Waals surface area contributed by atoms with Crippen molar-refractivity contribution in [2.75, 3.05) is 5.73 Å². The molecule has 2 rings (SSSR count). The maximum atomic E-state index is 13.1. The Balaban J connectivity index is 1.98. The van der Waals surface area contributed by atoms with E-state index in [1.165, 1.54) is 18.2 Å². The Morgan fingerprint density at radius 1 is 1.11 bits per heavy atom. The number of nitriles is 1. The lowest BCUT2D eigenvalue weighted by Gasteiger charge is -2.06. The average molecular weight is 256 g/mol. The molecule has 2 N–H and O–H groups in total. The fourth-order valence-corrected chi connectivity index (χ4v) is 1.68. The normalized spacial score (nSPS) is 10.1. The Labute approximate surface area is 111 Å². The third-order valence-electron chi connectivity index (χ3n) is 2.69. The molecule has 0 spiro atoms. The summed E-state index contributed by atoms with van der Waals surface area (Å²) in [5.74, 6) is -0.370. The zero-order chi connectivity index (χ0) is 13.7. The molecule has 0 saturated heterocycles. The third-order valence-corrected chi connectivity index (χ3v) is 2.69. The zero-order valence-corrected chi connectivity index (χ0v) is 10.3. The Morgan fingerprint density at radius 2 is 1.84 bits per heavy atom. The van der Waals surface area contributed by atoms with E-state index in [9.17, 15) is 4.39 Å². The molecule has 0 saturated carbocycles. The van der Waals surface area contributed by atoms with Crippen LogP contribution < -0.4 is 5.73 Å². The van der Waals surface area contributed by atoms with Gasteiger partial charge in [0.15, 0.2) is 0 Å². The molecule has 0 heterocycles. The molecule has 3 nitrogen and oxygen atoms in total. The first-order chi connectivity index (χ1) is 9.19. The third kappa shape index (κ3) is 3.54. The number of nitrogens with two attached hydrogens (primary N) is 1. The van der Waals surface area contributed by atoms with Crippen molar-refractivity contribution in [3.8, 4) is 6.07 Å². The maximum Gasteiger partial charge on any atom is 0.123 e. The number of anilines is 1. The van der Waals surface area contributed by atoms with Gasteiger partial charge < -0.3 is 10.5 Å². The first-order valence-electron chi connectivity index (χ1n) is 5.80. The van der Waals surface area contributed by atoms with Gasteiger partial charge in [-0.15, -0.1) is 0 Å². The van der Waals surface area contributed by atoms with E-state index in [1.54, 1.807) is 12.1 Å². The Bertz CT molecular complexity index is 603. The first-order valence-corrected chi connectivity index (χ1v) is 5.80. The number of nitrogens with zero attached hydrogens (tertiary/aromatic N) is 1. The van der Waals surface area contributed by atoms with Crippen LogP contribution in [0.1, 0.15) is 16.7 Å². The largest absolute Gasteiger partial charge is 0.399 e. The van der Waals surface area contributed by atoms with E-state index in [2.05, 4.69) is 0 Å². The summed E-state index contributed by atoms with van der Waals surface area (Å²) in [6.45, 7) is 0.590. The van der Waals surface area contributed by atoms with E-state index in [4.69, 9.17) is 15.7 Å². The molecule has 4 heteroatoms. The second kappa shape index (κ2) is 5.98. The van der Waals surface area contributed by atoms with Crippen LogP contribution in [0.25, 0.3) is 0 Å². The molecule has 2 aromatic carbocycles. The Kier molecular flexibility index (Phi) is 4.11. The van der Waals surface area contributed by atoms with E-state index in [-0.39, 0.29) is 12.4 Å². The van der Waals surface area contributed by atoms with Crippen molar-refractivity contribution in [1.29, 1.82) is 5.26 Å². The summed E-state index contributed by atoms with van der Waals surface area (Å²) >= 11 is 0. The van der Waals surface area contributed by atoms with Crippen LogP contribution >= 0.6 is 0 Å². The lowest BCUT2D eigenvalue weighted by Crippen LogP contribution is -1.98. The molecule has 0 aliphatic heterocycles. The van der Waals surface area contributed by atoms with Gasteiger partial charge in [0.1, 0.15) is 5.82 Å². The van der Waals surface area contributed by atoms with Gasteiger partial charge in [-0.3, -0.25) is 0 Å². The first kappa shape index (κ1) is 13.1. The van der Waals surface area contributed by atoms with E-state index < -0.39 is 0 Å². The van der Waals surface area contributed by atoms with Crippen LogP contribution in [0.3, 0.4) is 0 Å². The monoisotopic (exact) mass is 256 g/mol. The second-order valence-corrected chi connectivity index (χ2v) is 4.15. The minimum atomic E-state index is -0.370. The van der Waals surface area contributed by atoms with Gasteiger partial charge in [-0.2, -0.15) is 5.26 Å². The predicted molar refractivity (Wildman–Crippen MR) is 70.5 cm³/mol. The van der Waals surface area contributed by atoms with Crippen molar-refractivity contribution in [2.24, 2.45) is 0 Å². The summed E-state index contributed by atoms with van der Waals surface area (Å²) in [7, 11) is 0. The van der Waals surface area contributed by atoms with Gasteiger partial charge in [0, 0.05) is 5.69 Å². The highest BCUT2D eigenvalue weighted by molar-refractivity contribution is 5.39. The Hall–Kier alpha value is -2.38. The highest BCUT2D eigenvalue weighted by Crippen LogP contribution is 2.13. The molecule has 0 unspecified atom stereocenters. The van der Waals surface area contributed by atoms with Crippen LogP contribution in [-0.4, -0.2) is 0 Å². The van der Waals surface area contributed by atoms with Crippen molar-refractivity contribution in [2.45, 2.75) is 13.2 Å². The van der Waals surface area contributed by atoms with E-state index in [0.717, 1.165) is 5.56 Å². The molecule has 0 radical (unpaired) electrons. The molecule has 19 heavy (non-hydrogen) atoms.